The van der Waals surface area contributed by atoms with E-state index in [1.807, 2.05) is 6.92 Å². The maximum Gasteiger partial charge on any atom is 0.340 e. The Hall–Kier alpha value is -2.40. The molecule has 0 fully saturated rings. The lowest BCUT2D eigenvalue weighted by atomic mass is 10.1. The minimum atomic E-state index is -0.681. The molecule has 0 bridgehead atoms. The highest BCUT2D eigenvalue weighted by molar-refractivity contribution is 5.83. The molecule has 1 aromatic carbocycles. The first kappa shape index (κ1) is 17.0. The van der Waals surface area contributed by atoms with Crippen LogP contribution in [-0.4, -0.2) is 18.7 Å². The lowest BCUT2D eigenvalue weighted by Gasteiger charge is -2.12. The van der Waals surface area contributed by atoms with Gasteiger partial charge < -0.3 is 13.9 Å². The van der Waals surface area contributed by atoms with Crippen LogP contribution in [0.1, 0.15) is 25.8 Å². The summed E-state index contributed by atoms with van der Waals surface area (Å²) in [6.07, 6.45) is 2.42. The van der Waals surface area contributed by atoms with Gasteiger partial charge in [-0.3, -0.25) is 0 Å². The number of hydrogen-bond donors (Lipinski definition) is 0. The molecule has 1 heterocycles. The van der Waals surface area contributed by atoms with Crippen molar-refractivity contribution in [2.24, 2.45) is 0 Å². The van der Waals surface area contributed by atoms with Gasteiger partial charge in [0.15, 0.2) is 6.10 Å². The molecule has 0 spiro atoms. The molecule has 1 atom stereocenters. The Morgan fingerprint density at radius 2 is 2.17 bits per heavy atom. The van der Waals surface area contributed by atoms with Crippen molar-refractivity contribution < 1.29 is 18.7 Å². The van der Waals surface area contributed by atoms with Gasteiger partial charge in [0.1, 0.15) is 11.3 Å². The number of ether oxygens (including phenoxy) is 2. The van der Waals surface area contributed by atoms with Crippen molar-refractivity contribution in [1.82, 2.24) is 0 Å². The van der Waals surface area contributed by atoms with Gasteiger partial charge >= 0.3 is 11.6 Å². The summed E-state index contributed by atoms with van der Waals surface area (Å²) < 4.78 is 15.8. The molecule has 0 aliphatic rings. The van der Waals surface area contributed by atoms with Crippen LogP contribution >= 0.6 is 0 Å². The summed E-state index contributed by atoms with van der Waals surface area (Å²) in [7, 11) is 0. The number of rotatable bonds is 7. The smallest absolute Gasteiger partial charge is 0.340 e. The molecular weight excluding hydrogens is 296 g/mol. The first-order chi connectivity index (χ1) is 11.0. The van der Waals surface area contributed by atoms with Gasteiger partial charge in [-0.05, 0) is 37.5 Å². The van der Waals surface area contributed by atoms with Crippen molar-refractivity contribution in [3.8, 4) is 5.75 Å². The first-order valence-electron chi connectivity index (χ1n) is 7.56. The number of aryl methyl sites for hydroxylation is 1. The Balaban J connectivity index is 2.16. The molecule has 0 amide bonds. The van der Waals surface area contributed by atoms with Crippen LogP contribution in [0.5, 0.6) is 5.75 Å². The van der Waals surface area contributed by atoms with E-state index in [2.05, 4.69) is 6.58 Å². The van der Waals surface area contributed by atoms with Crippen LogP contribution in [0.3, 0.4) is 0 Å². The third-order valence-electron chi connectivity index (χ3n) is 3.42. The lowest BCUT2D eigenvalue weighted by molar-refractivity contribution is -0.146. The van der Waals surface area contributed by atoms with Gasteiger partial charge in [0.2, 0.25) is 0 Å². The minimum absolute atomic E-state index is 0.318. The van der Waals surface area contributed by atoms with Crippen molar-refractivity contribution >= 4 is 16.9 Å². The Labute approximate surface area is 134 Å². The molecule has 0 radical (unpaired) electrons. The van der Waals surface area contributed by atoms with Crippen molar-refractivity contribution in [3.63, 3.8) is 0 Å². The zero-order chi connectivity index (χ0) is 16.8. The third-order valence-corrected chi connectivity index (χ3v) is 3.42. The summed E-state index contributed by atoms with van der Waals surface area (Å²) in [4.78, 5) is 23.5. The van der Waals surface area contributed by atoms with Crippen LogP contribution in [0.25, 0.3) is 11.0 Å². The first-order valence-corrected chi connectivity index (χ1v) is 7.56. The van der Waals surface area contributed by atoms with Crippen molar-refractivity contribution in [3.05, 3.63) is 52.9 Å². The van der Waals surface area contributed by atoms with E-state index in [1.54, 1.807) is 31.2 Å². The monoisotopic (exact) mass is 316 g/mol. The van der Waals surface area contributed by atoms with E-state index in [0.717, 1.165) is 17.4 Å². The molecule has 1 unspecified atom stereocenters. The second-order valence-corrected chi connectivity index (χ2v) is 5.11. The minimum Gasteiger partial charge on any atom is -0.424 e. The summed E-state index contributed by atoms with van der Waals surface area (Å²) in [5, 5.41) is 0.835. The summed E-state index contributed by atoms with van der Waals surface area (Å²) in [5.74, 6) is -0.180. The van der Waals surface area contributed by atoms with E-state index >= 15 is 0 Å². The summed E-state index contributed by atoms with van der Waals surface area (Å²) >= 11 is 0. The highest BCUT2D eigenvalue weighted by atomic mass is 16.6. The lowest BCUT2D eigenvalue weighted by Crippen LogP contribution is -2.26. The number of carbonyl (C=O) groups is 1. The van der Waals surface area contributed by atoms with Gasteiger partial charge in [-0.2, -0.15) is 0 Å². The van der Waals surface area contributed by atoms with E-state index in [9.17, 15) is 9.59 Å². The molecule has 0 N–H and O–H groups in total. The van der Waals surface area contributed by atoms with Gasteiger partial charge in [0, 0.05) is 17.5 Å². The highest BCUT2D eigenvalue weighted by Gasteiger charge is 2.16. The molecular formula is C18H20O5. The average Bonchev–Trinajstić information content (AvgIpc) is 2.53. The number of esters is 1. The predicted molar refractivity (Wildman–Crippen MR) is 87.7 cm³/mol. The Morgan fingerprint density at radius 1 is 1.39 bits per heavy atom. The molecule has 1 aromatic heterocycles. The van der Waals surface area contributed by atoms with Crippen molar-refractivity contribution in [2.75, 3.05) is 6.61 Å². The topological polar surface area (TPSA) is 65.7 Å². The van der Waals surface area contributed by atoms with Crippen molar-refractivity contribution in [2.45, 2.75) is 32.8 Å². The fraction of sp³-hybridized carbons (Fsp3) is 0.333. The van der Waals surface area contributed by atoms with Gasteiger partial charge in [-0.15, -0.1) is 6.58 Å². The summed E-state index contributed by atoms with van der Waals surface area (Å²) in [6, 6.07) is 6.48. The predicted octanol–water partition coefficient (Wildman–Crippen LogP) is 3.24. The molecule has 0 aliphatic heterocycles. The van der Waals surface area contributed by atoms with Crippen LogP contribution < -0.4 is 10.4 Å². The molecule has 122 valence electrons. The second-order valence-electron chi connectivity index (χ2n) is 5.11. The van der Waals surface area contributed by atoms with Crippen LogP contribution in [0.4, 0.5) is 0 Å². The fourth-order valence-electron chi connectivity index (χ4n) is 2.16. The van der Waals surface area contributed by atoms with E-state index in [0.29, 0.717) is 24.4 Å². The molecule has 23 heavy (non-hydrogen) atoms. The van der Waals surface area contributed by atoms with Gasteiger partial charge in [-0.1, -0.05) is 13.0 Å². The number of fused-ring (bicyclic) bond motifs is 1. The normalized spacial score (nSPS) is 12.1. The van der Waals surface area contributed by atoms with E-state index in [-0.39, 0.29) is 0 Å². The van der Waals surface area contributed by atoms with Crippen LogP contribution in [0.2, 0.25) is 0 Å². The number of hydrogen-bond acceptors (Lipinski definition) is 5. The standard InChI is InChI=1S/C18H20O5/c1-4-6-9-21-12(3)18(20)22-14-7-8-15-13(5-2)10-17(19)23-16(15)11-14/h4,7-8,10-12H,1,5-6,9H2,2-3H3. The third kappa shape index (κ3) is 4.29. The second kappa shape index (κ2) is 7.74. The van der Waals surface area contributed by atoms with Crippen LogP contribution in [0.15, 0.2) is 46.1 Å². The van der Waals surface area contributed by atoms with E-state index < -0.39 is 17.7 Å². The quantitative estimate of drug-likeness (QED) is 0.258. The largest absolute Gasteiger partial charge is 0.424 e. The van der Waals surface area contributed by atoms with Crippen LogP contribution in [0, 0.1) is 0 Å². The van der Waals surface area contributed by atoms with Crippen LogP contribution in [-0.2, 0) is 16.0 Å². The Morgan fingerprint density at radius 3 is 2.87 bits per heavy atom. The van der Waals surface area contributed by atoms with Gasteiger partial charge in [-0.25, -0.2) is 9.59 Å². The molecule has 2 rings (SSSR count). The SMILES string of the molecule is C=CCCOC(C)C(=O)Oc1ccc2c(CC)cc(=O)oc2c1. The highest BCUT2D eigenvalue weighted by Crippen LogP contribution is 2.23. The maximum atomic E-state index is 12.0. The summed E-state index contributed by atoms with van der Waals surface area (Å²) in [5.41, 5.74) is 0.883. The Bertz CT molecular complexity index is 760. The van der Waals surface area contributed by atoms with Crippen molar-refractivity contribution in [1.29, 1.82) is 0 Å². The van der Waals surface area contributed by atoms with E-state index in [1.165, 1.54) is 6.07 Å². The molecule has 5 heteroatoms. The maximum absolute atomic E-state index is 12.0. The van der Waals surface area contributed by atoms with Gasteiger partial charge in [0.05, 0.1) is 6.61 Å². The van der Waals surface area contributed by atoms with Gasteiger partial charge in [0.25, 0.3) is 0 Å². The molecule has 5 nitrogen and oxygen atoms in total. The Kier molecular flexibility index (Phi) is 5.71. The molecule has 2 aromatic rings. The zero-order valence-electron chi connectivity index (χ0n) is 13.3. The molecule has 0 saturated heterocycles. The van der Waals surface area contributed by atoms with E-state index in [4.69, 9.17) is 13.9 Å². The number of carbonyl (C=O) groups excluding carboxylic acids is 1. The average molecular weight is 316 g/mol. The zero-order valence-corrected chi connectivity index (χ0v) is 13.3. The molecule has 0 aliphatic carbocycles. The summed E-state index contributed by atoms with van der Waals surface area (Å²) in [6.45, 7) is 7.59. The fourth-order valence-corrected chi connectivity index (χ4v) is 2.16. The molecule has 0 saturated carbocycles. The number of benzene rings is 1.